The average Bonchev–Trinajstić information content (AvgIpc) is 2.45. The van der Waals surface area contributed by atoms with Crippen molar-refractivity contribution in [3.05, 3.63) is 29.1 Å². The zero-order chi connectivity index (χ0) is 14.1. The van der Waals surface area contributed by atoms with E-state index >= 15 is 0 Å². The summed E-state index contributed by atoms with van der Waals surface area (Å²) in [5.41, 5.74) is 9.12. The highest BCUT2D eigenvalue weighted by Gasteiger charge is 2.35. The van der Waals surface area contributed by atoms with E-state index in [1.54, 1.807) is 0 Å². The molecule has 0 radical (unpaired) electrons. The summed E-state index contributed by atoms with van der Waals surface area (Å²) in [6.45, 7) is 4.31. The van der Waals surface area contributed by atoms with E-state index in [0.717, 1.165) is 43.6 Å². The Balaban J connectivity index is 1.92. The fraction of sp³-hybridized carbons (Fsp3) is 0.600. The standard InChI is InChI=1S/C15H22N4O/c1-2-3-19-8-10(9-20)4-11-5-13-12(6-14(11)19)7-17-15(16)18-13/h4,7,11,14,20H,2-3,5-6,8-9H2,1H3,(H2,16,17,18). The van der Waals surface area contributed by atoms with Gasteiger partial charge < -0.3 is 10.8 Å². The number of hydrogen-bond acceptors (Lipinski definition) is 5. The van der Waals surface area contributed by atoms with Crippen LogP contribution < -0.4 is 5.73 Å². The van der Waals surface area contributed by atoms with Crippen molar-refractivity contribution < 1.29 is 5.11 Å². The van der Waals surface area contributed by atoms with Crippen LogP contribution in [0.1, 0.15) is 24.6 Å². The molecule has 0 saturated carbocycles. The maximum atomic E-state index is 9.47. The molecule has 2 atom stereocenters. The number of aliphatic hydroxyl groups is 1. The molecule has 20 heavy (non-hydrogen) atoms. The van der Waals surface area contributed by atoms with Gasteiger partial charge in [0.25, 0.3) is 0 Å². The van der Waals surface area contributed by atoms with E-state index in [2.05, 4.69) is 27.9 Å². The minimum Gasteiger partial charge on any atom is -0.392 e. The number of nitrogen functional groups attached to an aromatic ring is 1. The summed E-state index contributed by atoms with van der Waals surface area (Å²) in [7, 11) is 0. The molecule has 0 bridgehead atoms. The van der Waals surface area contributed by atoms with Crippen molar-refractivity contribution in [2.45, 2.75) is 32.2 Å². The van der Waals surface area contributed by atoms with E-state index in [-0.39, 0.29) is 6.61 Å². The molecular formula is C15H22N4O. The Labute approximate surface area is 119 Å². The smallest absolute Gasteiger partial charge is 0.220 e. The lowest BCUT2D eigenvalue weighted by Crippen LogP contribution is -2.49. The Morgan fingerprint density at radius 2 is 2.30 bits per heavy atom. The van der Waals surface area contributed by atoms with Gasteiger partial charge >= 0.3 is 0 Å². The summed E-state index contributed by atoms with van der Waals surface area (Å²) in [6, 6.07) is 0.505. The van der Waals surface area contributed by atoms with Crippen LogP contribution >= 0.6 is 0 Å². The van der Waals surface area contributed by atoms with Crippen molar-refractivity contribution >= 4 is 5.95 Å². The van der Waals surface area contributed by atoms with Crippen LogP contribution in [0.4, 0.5) is 5.95 Å². The number of nitrogens with zero attached hydrogens (tertiary/aromatic N) is 3. The largest absolute Gasteiger partial charge is 0.392 e. The SMILES string of the molecule is CCCN1CC(CO)=CC2Cc3nc(N)ncc3CC21. The van der Waals surface area contributed by atoms with Crippen molar-refractivity contribution in [1.82, 2.24) is 14.9 Å². The van der Waals surface area contributed by atoms with E-state index in [1.807, 2.05) is 6.20 Å². The normalized spacial score (nSPS) is 25.8. The second-order valence-electron chi connectivity index (χ2n) is 5.79. The van der Waals surface area contributed by atoms with Crippen molar-refractivity contribution in [2.75, 3.05) is 25.4 Å². The fourth-order valence-corrected chi connectivity index (χ4v) is 3.48. The minimum atomic E-state index is 0.155. The summed E-state index contributed by atoms with van der Waals surface area (Å²) in [5, 5.41) is 9.47. The molecule has 0 amide bonds. The van der Waals surface area contributed by atoms with Gasteiger partial charge in [-0.05, 0) is 42.9 Å². The molecule has 1 aromatic heterocycles. The van der Waals surface area contributed by atoms with Gasteiger partial charge in [-0.15, -0.1) is 0 Å². The minimum absolute atomic E-state index is 0.155. The maximum absolute atomic E-state index is 9.47. The quantitative estimate of drug-likeness (QED) is 0.797. The van der Waals surface area contributed by atoms with E-state index in [0.29, 0.717) is 17.9 Å². The first kappa shape index (κ1) is 13.5. The Hall–Kier alpha value is -1.46. The molecule has 108 valence electrons. The summed E-state index contributed by atoms with van der Waals surface area (Å²) in [5.74, 6) is 0.786. The number of hydrogen-bond donors (Lipinski definition) is 2. The van der Waals surface area contributed by atoms with E-state index in [4.69, 9.17) is 5.73 Å². The molecule has 5 nitrogen and oxygen atoms in total. The molecule has 2 unspecified atom stereocenters. The maximum Gasteiger partial charge on any atom is 0.220 e. The zero-order valence-electron chi connectivity index (χ0n) is 11.9. The number of aliphatic hydroxyl groups excluding tert-OH is 1. The van der Waals surface area contributed by atoms with Crippen LogP contribution in [0.5, 0.6) is 0 Å². The molecule has 5 heteroatoms. The van der Waals surface area contributed by atoms with Crippen LogP contribution in [0.15, 0.2) is 17.8 Å². The Morgan fingerprint density at radius 3 is 3.05 bits per heavy atom. The molecule has 1 aromatic rings. The molecule has 1 aliphatic heterocycles. The van der Waals surface area contributed by atoms with Crippen molar-refractivity contribution in [3.8, 4) is 0 Å². The predicted octanol–water partition coefficient (Wildman–Crippen LogP) is 0.786. The van der Waals surface area contributed by atoms with Gasteiger partial charge in [0, 0.05) is 24.5 Å². The van der Waals surface area contributed by atoms with Gasteiger partial charge in [-0.1, -0.05) is 13.0 Å². The number of fused-ring (bicyclic) bond motifs is 2. The van der Waals surface area contributed by atoms with Gasteiger partial charge in [-0.25, -0.2) is 9.97 Å². The van der Waals surface area contributed by atoms with Gasteiger partial charge in [0.05, 0.1) is 6.61 Å². The molecule has 0 saturated heterocycles. The number of anilines is 1. The first-order valence-electron chi connectivity index (χ1n) is 7.36. The third-order valence-electron chi connectivity index (χ3n) is 4.36. The van der Waals surface area contributed by atoms with Crippen LogP contribution in [-0.2, 0) is 12.8 Å². The summed E-state index contributed by atoms with van der Waals surface area (Å²) < 4.78 is 0. The van der Waals surface area contributed by atoms with Gasteiger partial charge in [0.2, 0.25) is 5.95 Å². The lowest BCUT2D eigenvalue weighted by Gasteiger charge is -2.43. The molecule has 3 rings (SSSR count). The first-order valence-corrected chi connectivity index (χ1v) is 7.36. The Kier molecular flexibility index (Phi) is 3.72. The third-order valence-corrected chi connectivity index (χ3v) is 4.36. The van der Waals surface area contributed by atoms with Gasteiger partial charge in [-0.2, -0.15) is 0 Å². The van der Waals surface area contributed by atoms with Gasteiger partial charge in [0.15, 0.2) is 0 Å². The second-order valence-corrected chi connectivity index (χ2v) is 5.79. The van der Waals surface area contributed by atoms with Crippen LogP contribution in [-0.4, -0.2) is 45.7 Å². The van der Waals surface area contributed by atoms with Crippen LogP contribution in [0.3, 0.4) is 0 Å². The van der Waals surface area contributed by atoms with E-state index < -0.39 is 0 Å². The Bertz CT molecular complexity index is 529. The van der Waals surface area contributed by atoms with Crippen LogP contribution in [0, 0.1) is 5.92 Å². The highest BCUT2D eigenvalue weighted by atomic mass is 16.3. The van der Waals surface area contributed by atoms with Crippen LogP contribution in [0.2, 0.25) is 0 Å². The highest BCUT2D eigenvalue weighted by molar-refractivity contribution is 5.31. The molecule has 0 fully saturated rings. The topological polar surface area (TPSA) is 75.3 Å². The monoisotopic (exact) mass is 274 g/mol. The molecule has 2 heterocycles. The van der Waals surface area contributed by atoms with E-state index in [9.17, 15) is 5.11 Å². The fourth-order valence-electron chi connectivity index (χ4n) is 3.48. The number of aromatic nitrogens is 2. The number of rotatable bonds is 3. The lowest BCUT2D eigenvalue weighted by molar-refractivity contribution is 0.140. The highest BCUT2D eigenvalue weighted by Crippen LogP contribution is 2.33. The number of nitrogens with two attached hydrogens (primary N) is 1. The molecule has 2 aliphatic rings. The van der Waals surface area contributed by atoms with Crippen molar-refractivity contribution in [1.29, 1.82) is 0 Å². The van der Waals surface area contributed by atoms with Crippen molar-refractivity contribution in [2.24, 2.45) is 5.92 Å². The lowest BCUT2D eigenvalue weighted by atomic mass is 9.79. The molecule has 0 aromatic carbocycles. The Morgan fingerprint density at radius 1 is 1.45 bits per heavy atom. The average molecular weight is 274 g/mol. The first-order chi connectivity index (χ1) is 9.71. The molecule has 0 spiro atoms. The van der Waals surface area contributed by atoms with Gasteiger partial charge in [-0.3, -0.25) is 4.90 Å². The molecular weight excluding hydrogens is 252 g/mol. The predicted molar refractivity (Wildman–Crippen MR) is 78.2 cm³/mol. The van der Waals surface area contributed by atoms with Crippen LogP contribution in [0.25, 0.3) is 0 Å². The summed E-state index contributed by atoms with van der Waals surface area (Å²) in [4.78, 5) is 11.0. The summed E-state index contributed by atoms with van der Waals surface area (Å²) in [6.07, 6.45) is 7.14. The molecule has 3 N–H and O–H groups in total. The third kappa shape index (κ3) is 2.43. The second kappa shape index (κ2) is 5.50. The zero-order valence-corrected chi connectivity index (χ0v) is 11.9. The van der Waals surface area contributed by atoms with Crippen molar-refractivity contribution in [3.63, 3.8) is 0 Å². The van der Waals surface area contributed by atoms with E-state index in [1.165, 1.54) is 5.56 Å². The molecule has 1 aliphatic carbocycles. The summed E-state index contributed by atoms with van der Waals surface area (Å²) >= 11 is 0. The van der Waals surface area contributed by atoms with Gasteiger partial charge in [0.1, 0.15) is 0 Å².